The summed E-state index contributed by atoms with van der Waals surface area (Å²) in [5.41, 5.74) is 7.52. The number of para-hydroxylation sites is 2. The molecule has 1 aromatic rings. The van der Waals surface area contributed by atoms with E-state index in [-0.39, 0.29) is 0 Å². The Morgan fingerprint density at radius 1 is 1.38 bits per heavy atom. The number of thioether (sulfide) groups is 1. The fourth-order valence-electron chi connectivity index (χ4n) is 1.38. The Kier molecular flexibility index (Phi) is 2.14. The molecule has 1 fully saturated rings. The number of nitrogens with zero attached hydrogens (tertiary/aromatic N) is 1. The molecule has 0 atom stereocenters. The highest BCUT2D eigenvalue weighted by Gasteiger charge is 2.20. The first kappa shape index (κ1) is 8.44. The maximum Gasteiger partial charge on any atom is 0.161 e. The third kappa shape index (κ3) is 1.49. The second-order valence-electron chi connectivity index (χ2n) is 2.86. The molecule has 1 aromatic carbocycles. The average Bonchev–Trinajstić information content (AvgIpc) is 2.52. The maximum atomic E-state index is 7.67. The number of nitrogens with one attached hydrogen (secondary N) is 1. The predicted octanol–water partition coefficient (Wildman–Crippen LogP) is 1.76. The second-order valence-corrected chi connectivity index (χ2v) is 3.95. The first-order valence-electron chi connectivity index (χ1n) is 4.12. The normalized spacial score (nSPS) is 16.6. The van der Waals surface area contributed by atoms with E-state index in [4.69, 9.17) is 11.1 Å². The number of nitrogens with two attached hydrogens (primary N) is 1. The first-order chi connectivity index (χ1) is 6.29. The minimum absolute atomic E-state index is 0.595. The summed E-state index contributed by atoms with van der Waals surface area (Å²) < 4.78 is 0. The Hall–Kier alpha value is -1.16. The van der Waals surface area contributed by atoms with Gasteiger partial charge in [0.15, 0.2) is 5.17 Å². The molecule has 0 amide bonds. The molecule has 0 aliphatic carbocycles. The Morgan fingerprint density at radius 3 is 2.77 bits per heavy atom. The van der Waals surface area contributed by atoms with Crippen LogP contribution in [0, 0.1) is 5.41 Å². The van der Waals surface area contributed by atoms with Gasteiger partial charge in [0.2, 0.25) is 0 Å². The van der Waals surface area contributed by atoms with Gasteiger partial charge in [-0.2, -0.15) is 0 Å². The standard InChI is InChI=1S/C9H11N3S/c10-7-3-1-2-4-8(7)12-5-6-13-9(12)11/h1-4,11H,5-6,10H2. The van der Waals surface area contributed by atoms with Crippen molar-refractivity contribution in [3.05, 3.63) is 24.3 Å². The van der Waals surface area contributed by atoms with E-state index in [1.54, 1.807) is 11.8 Å². The number of amidine groups is 1. The molecule has 2 rings (SSSR count). The lowest BCUT2D eigenvalue weighted by molar-refractivity contribution is 1.10. The molecule has 1 aliphatic rings. The summed E-state index contributed by atoms with van der Waals surface area (Å²) in [6.07, 6.45) is 0. The highest BCUT2D eigenvalue weighted by atomic mass is 32.2. The lowest BCUT2D eigenvalue weighted by atomic mass is 10.2. The third-order valence-electron chi connectivity index (χ3n) is 2.03. The molecule has 1 heterocycles. The van der Waals surface area contributed by atoms with Crippen LogP contribution in [0.5, 0.6) is 0 Å². The Labute approximate surface area is 81.4 Å². The van der Waals surface area contributed by atoms with Gasteiger partial charge in [0.1, 0.15) is 0 Å². The highest BCUT2D eigenvalue weighted by molar-refractivity contribution is 8.14. The van der Waals surface area contributed by atoms with Crippen LogP contribution in [0.3, 0.4) is 0 Å². The molecule has 68 valence electrons. The fourth-order valence-corrected chi connectivity index (χ4v) is 2.19. The number of rotatable bonds is 1. The quantitative estimate of drug-likeness (QED) is 0.668. The SMILES string of the molecule is N=C1SCCN1c1ccccc1N. The zero-order valence-electron chi connectivity index (χ0n) is 7.16. The zero-order valence-corrected chi connectivity index (χ0v) is 7.97. The van der Waals surface area contributed by atoms with Gasteiger partial charge >= 0.3 is 0 Å². The summed E-state index contributed by atoms with van der Waals surface area (Å²) in [5, 5.41) is 8.27. The summed E-state index contributed by atoms with van der Waals surface area (Å²) in [4.78, 5) is 1.94. The fraction of sp³-hybridized carbons (Fsp3) is 0.222. The Balaban J connectivity index is 2.34. The van der Waals surface area contributed by atoms with Crippen molar-refractivity contribution in [2.24, 2.45) is 0 Å². The lowest BCUT2D eigenvalue weighted by Crippen LogP contribution is -2.23. The molecule has 0 spiro atoms. The molecule has 1 saturated heterocycles. The molecule has 4 heteroatoms. The van der Waals surface area contributed by atoms with Gasteiger partial charge in [0.05, 0.1) is 11.4 Å². The van der Waals surface area contributed by atoms with E-state index >= 15 is 0 Å². The predicted molar refractivity (Wildman–Crippen MR) is 58.4 cm³/mol. The lowest BCUT2D eigenvalue weighted by Gasteiger charge is -2.18. The van der Waals surface area contributed by atoms with E-state index in [2.05, 4.69) is 0 Å². The van der Waals surface area contributed by atoms with Crippen LogP contribution >= 0.6 is 11.8 Å². The van der Waals surface area contributed by atoms with E-state index in [9.17, 15) is 0 Å². The van der Waals surface area contributed by atoms with Crippen molar-refractivity contribution < 1.29 is 0 Å². The van der Waals surface area contributed by atoms with Crippen molar-refractivity contribution in [1.82, 2.24) is 0 Å². The molecule has 0 saturated carbocycles. The summed E-state index contributed by atoms with van der Waals surface area (Å²) in [5.74, 6) is 0.979. The molecular weight excluding hydrogens is 182 g/mol. The summed E-state index contributed by atoms with van der Waals surface area (Å²) >= 11 is 1.56. The number of hydrogen-bond donors (Lipinski definition) is 2. The van der Waals surface area contributed by atoms with Crippen molar-refractivity contribution in [3.8, 4) is 0 Å². The van der Waals surface area contributed by atoms with Gasteiger partial charge in [0.25, 0.3) is 0 Å². The molecule has 0 radical (unpaired) electrons. The topological polar surface area (TPSA) is 53.1 Å². The van der Waals surface area contributed by atoms with Crippen LogP contribution in [0.4, 0.5) is 11.4 Å². The largest absolute Gasteiger partial charge is 0.397 e. The number of benzene rings is 1. The number of anilines is 2. The summed E-state index contributed by atoms with van der Waals surface area (Å²) in [7, 11) is 0. The molecule has 3 nitrogen and oxygen atoms in total. The molecule has 13 heavy (non-hydrogen) atoms. The number of hydrogen-bond acceptors (Lipinski definition) is 3. The van der Waals surface area contributed by atoms with Gasteiger partial charge < -0.3 is 10.6 Å². The van der Waals surface area contributed by atoms with Gasteiger partial charge in [-0.3, -0.25) is 5.41 Å². The van der Waals surface area contributed by atoms with Crippen LogP contribution in [0.15, 0.2) is 24.3 Å². The molecular formula is C9H11N3S. The molecule has 3 N–H and O–H groups in total. The van der Waals surface area contributed by atoms with E-state index < -0.39 is 0 Å². The van der Waals surface area contributed by atoms with Crippen molar-refractivity contribution in [3.63, 3.8) is 0 Å². The van der Waals surface area contributed by atoms with Crippen LogP contribution in [-0.2, 0) is 0 Å². The highest BCUT2D eigenvalue weighted by Crippen LogP contribution is 2.28. The summed E-state index contributed by atoms with van der Waals surface area (Å²) in [6, 6.07) is 7.68. The van der Waals surface area contributed by atoms with Crippen LogP contribution in [0.2, 0.25) is 0 Å². The Morgan fingerprint density at radius 2 is 2.15 bits per heavy atom. The van der Waals surface area contributed by atoms with Gasteiger partial charge in [-0.05, 0) is 12.1 Å². The molecule has 0 aromatic heterocycles. The van der Waals surface area contributed by atoms with E-state index in [1.165, 1.54) is 0 Å². The van der Waals surface area contributed by atoms with Crippen molar-refractivity contribution in [2.75, 3.05) is 22.9 Å². The second kappa shape index (κ2) is 3.30. The molecule has 0 unspecified atom stereocenters. The molecule has 1 aliphatic heterocycles. The van der Waals surface area contributed by atoms with Gasteiger partial charge in [-0.15, -0.1) is 0 Å². The molecule has 0 bridgehead atoms. The summed E-state index contributed by atoms with van der Waals surface area (Å²) in [6.45, 7) is 0.887. The van der Waals surface area contributed by atoms with Crippen LogP contribution in [-0.4, -0.2) is 17.5 Å². The van der Waals surface area contributed by atoms with Crippen LogP contribution < -0.4 is 10.6 Å². The average molecular weight is 193 g/mol. The minimum Gasteiger partial charge on any atom is -0.397 e. The van der Waals surface area contributed by atoms with E-state index in [0.717, 1.165) is 23.7 Å². The zero-order chi connectivity index (χ0) is 9.26. The smallest absolute Gasteiger partial charge is 0.161 e. The van der Waals surface area contributed by atoms with Crippen molar-refractivity contribution in [2.45, 2.75) is 0 Å². The van der Waals surface area contributed by atoms with E-state index in [1.807, 2.05) is 29.2 Å². The van der Waals surface area contributed by atoms with Crippen molar-refractivity contribution in [1.29, 1.82) is 5.41 Å². The van der Waals surface area contributed by atoms with Gasteiger partial charge in [0, 0.05) is 12.3 Å². The maximum absolute atomic E-state index is 7.67. The third-order valence-corrected chi connectivity index (χ3v) is 2.91. The van der Waals surface area contributed by atoms with Crippen LogP contribution in [0.1, 0.15) is 0 Å². The van der Waals surface area contributed by atoms with E-state index in [0.29, 0.717) is 5.17 Å². The number of nitrogen functional groups attached to an aromatic ring is 1. The van der Waals surface area contributed by atoms with Crippen molar-refractivity contribution >= 4 is 28.3 Å². The monoisotopic (exact) mass is 193 g/mol. The van der Waals surface area contributed by atoms with Gasteiger partial charge in [-0.25, -0.2) is 0 Å². The Bertz CT molecular complexity index is 337. The van der Waals surface area contributed by atoms with Gasteiger partial charge in [-0.1, -0.05) is 23.9 Å². The van der Waals surface area contributed by atoms with Crippen LogP contribution in [0.25, 0.3) is 0 Å². The minimum atomic E-state index is 0.595. The first-order valence-corrected chi connectivity index (χ1v) is 5.11.